The van der Waals surface area contributed by atoms with Crippen LogP contribution in [0.4, 0.5) is 11.6 Å². The predicted molar refractivity (Wildman–Crippen MR) is 125 cm³/mol. The summed E-state index contributed by atoms with van der Waals surface area (Å²) in [7, 11) is 0. The van der Waals surface area contributed by atoms with Gasteiger partial charge in [-0.05, 0) is 41.8 Å². The Kier molecular flexibility index (Phi) is 5.43. The highest BCUT2D eigenvalue weighted by molar-refractivity contribution is 5.58. The summed E-state index contributed by atoms with van der Waals surface area (Å²) < 4.78 is 6.92. The lowest BCUT2D eigenvalue weighted by Gasteiger charge is -2.24. The normalized spacial score (nSPS) is 10.9. The number of nitrogens with zero attached hydrogens (tertiary/aromatic N) is 6. The van der Waals surface area contributed by atoms with E-state index in [4.69, 9.17) is 15.1 Å². The van der Waals surface area contributed by atoms with E-state index in [-0.39, 0.29) is 0 Å². The van der Waals surface area contributed by atoms with E-state index in [1.165, 1.54) is 10.1 Å². The van der Waals surface area contributed by atoms with Gasteiger partial charge in [-0.2, -0.15) is 19.7 Å². The van der Waals surface area contributed by atoms with E-state index in [0.717, 1.165) is 12.0 Å². The minimum Gasteiger partial charge on any atom is -0.461 e. The van der Waals surface area contributed by atoms with Crippen LogP contribution in [-0.2, 0) is 13.0 Å². The Labute approximate surface area is 190 Å². The number of nitrogen functional groups attached to an aromatic ring is 1. The third-order valence-corrected chi connectivity index (χ3v) is 5.33. The number of hydrogen-bond acceptors (Lipinski definition) is 7. The molecular formula is C25H21N7O. The van der Waals surface area contributed by atoms with Crippen LogP contribution in [0.15, 0.2) is 83.5 Å². The van der Waals surface area contributed by atoms with Crippen molar-refractivity contribution >= 4 is 17.4 Å². The summed E-state index contributed by atoms with van der Waals surface area (Å²) in [6.07, 6.45) is 2.40. The molecule has 0 saturated heterocycles. The maximum atomic E-state index is 9.28. The van der Waals surface area contributed by atoms with Gasteiger partial charge in [-0.25, -0.2) is 0 Å². The molecule has 162 valence electrons. The van der Waals surface area contributed by atoms with Crippen LogP contribution in [0, 0.1) is 11.3 Å². The van der Waals surface area contributed by atoms with Crippen molar-refractivity contribution in [3.8, 4) is 17.7 Å². The molecule has 8 heteroatoms. The van der Waals surface area contributed by atoms with Crippen LogP contribution in [0.5, 0.6) is 0 Å². The molecule has 0 aliphatic heterocycles. The fourth-order valence-corrected chi connectivity index (χ4v) is 3.69. The molecule has 0 amide bonds. The highest BCUT2D eigenvalue weighted by Crippen LogP contribution is 2.23. The van der Waals surface area contributed by atoms with Gasteiger partial charge in [0.1, 0.15) is 11.6 Å². The van der Waals surface area contributed by atoms with Crippen LogP contribution in [0.1, 0.15) is 16.7 Å². The van der Waals surface area contributed by atoms with Crippen LogP contribution >= 0.6 is 0 Å². The lowest BCUT2D eigenvalue weighted by Crippen LogP contribution is -2.27. The Morgan fingerprint density at radius 3 is 2.61 bits per heavy atom. The second-order valence-electron chi connectivity index (χ2n) is 7.63. The van der Waals surface area contributed by atoms with E-state index >= 15 is 0 Å². The standard InChI is InChI=1S/C25H21N7O/c26-16-19-8-4-9-20(14-19)17-31(12-11-18-6-2-1-3-7-18)23-15-22(27)32-25(28-23)29-24(30-32)21-10-5-13-33-21/h1-10,13-15H,11-12,17,27H2. The first-order valence-electron chi connectivity index (χ1n) is 10.5. The van der Waals surface area contributed by atoms with Gasteiger partial charge in [0.25, 0.3) is 5.78 Å². The van der Waals surface area contributed by atoms with E-state index in [1.807, 2.05) is 36.4 Å². The molecule has 0 aliphatic carbocycles. The van der Waals surface area contributed by atoms with E-state index < -0.39 is 0 Å². The molecular weight excluding hydrogens is 414 g/mol. The van der Waals surface area contributed by atoms with Gasteiger partial charge in [-0.1, -0.05) is 42.5 Å². The Morgan fingerprint density at radius 2 is 1.82 bits per heavy atom. The van der Waals surface area contributed by atoms with E-state index in [2.05, 4.69) is 33.2 Å². The molecule has 0 atom stereocenters. The molecule has 0 bridgehead atoms. The van der Waals surface area contributed by atoms with Crippen molar-refractivity contribution in [2.24, 2.45) is 0 Å². The molecule has 0 aliphatic rings. The quantitative estimate of drug-likeness (QED) is 0.410. The molecule has 33 heavy (non-hydrogen) atoms. The zero-order valence-corrected chi connectivity index (χ0v) is 17.8. The van der Waals surface area contributed by atoms with Gasteiger partial charge in [0.15, 0.2) is 5.76 Å². The molecule has 0 saturated carbocycles. The van der Waals surface area contributed by atoms with Crippen molar-refractivity contribution in [1.82, 2.24) is 19.6 Å². The number of rotatable bonds is 7. The molecule has 5 rings (SSSR count). The third kappa shape index (κ3) is 4.38. The highest BCUT2D eigenvalue weighted by atomic mass is 16.3. The van der Waals surface area contributed by atoms with Crippen LogP contribution in [0.2, 0.25) is 0 Å². The first-order valence-corrected chi connectivity index (χ1v) is 10.5. The van der Waals surface area contributed by atoms with E-state index in [9.17, 15) is 5.26 Å². The van der Waals surface area contributed by atoms with Crippen molar-refractivity contribution in [2.75, 3.05) is 17.2 Å². The van der Waals surface area contributed by atoms with Crippen LogP contribution in [0.25, 0.3) is 17.4 Å². The molecule has 3 aromatic heterocycles. The van der Waals surface area contributed by atoms with Crippen molar-refractivity contribution in [1.29, 1.82) is 5.26 Å². The number of hydrogen-bond donors (Lipinski definition) is 1. The summed E-state index contributed by atoms with van der Waals surface area (Å²) >= 11 is 0. The summed E-state index contributed by atoms with van der Waals surface area (Å²) in [5.74, 6) is 2.49. The van der Waals surface area contributed by atoms with Crippen molar-refractivity contribution in [3.05, 3.63) is 95.7 Å². The first kappa shape index (κ1) is 20.3. The lowest BCUT2D eigenvalue weighted by atomic mass is 10.1. The van der Waals surface area contributed by atoms with Gasteiger partial charge in [-0.15, -0.1) is 5.10 Å². The van der Waals surface area contributed by atoms with Gasteiger partial charge in [0, 0.05) is 19.2 Å². The molecule has 0 radical (unpaired) electrons. The molecule has 8 nitrogen and oxygen atoms in total. The van der Waals surface area contributed by atoms with Gasteiger partial charge >= 0.3 is 0 Å². The van der Waals surface area contributed by atoms with Crippen LogP contribution in [-0.4, -0.2) is 26.1 Å². The second-order valence-corrected chi connectivity index (χ2v) is 7.63. The first-order chi connectivity index (χ1) is 16.2. The predicted octanol–water partition coefficient (Wildman–Crippen LogP) is 4.09. The Bertz CT molecular complexity index is 1420. The zero-order valence-electron chi connectivity index (χ0n) is 17.8. The summed E-state index contributed by atoms with van der Waals surface area (Å²) in [4.78, 5) is 11.4. The van der Waals surface area contributed by atoms with E-state index in [1.54, 1.807) is 30.5 Å². The average molecular weight is 435 g/mol. The largest absolute Gasteiger partial charge is 0.461 e. The Balaban J connectivity index is 1.50. The topological polar surface area (TPSA) is 109 Å². The molecule has 2 N–H and O–H groups in total. The van der Waals surface area contributed by atoms with Gasteiger partial charge in [0.2, 0.25) is 5.82 Å². The second kappa shape index (κ2) is 8.85. The molecule has 0 unspecified atom stereocenters. The third-order valence-electron chi connectivity index (χ3n) is 5.33. The molecule has 2 aromatic carbocycles. The number of aromatic nitrogens is 4. The molecule has 0 fully saturated rings. The van der Waals surface area contributed by atoms with E-state index in [0.29, 0.717) is 47.7 Å². The average Bonchev–Trinajstić information content (AvgIpc) is 3.53. The maximum Gasteiger partial charge on any atom is 0.256 e. The minimum atomic E-state index is 0.395. The van der Waals surface area contributed by atoms with Crippen LogP contribution in [0.3, 0.4) is 0 Å². The summed E-state index contributed by atoms with van der Waals surface area (Å²) in [5.41, 5.74) is 9.19. The smallest absolute Gasteiger partial charge is 0.256 e. The Hall–Kier alpha value is -4.64. The van der Waals surface area contributed by atoms with Gasteiger partial charge in [-0.3, -0.25) is 0 Å². The van der Waals surface area contributed by atoms with Crippen molar-refractivity contribution in [2.45, 2.75) is 13.0 Å². The van der Waals surface area contributed by atoms with Gasteiger partial charge in [0.05, 0.1) is 17.9 Å². The molecule has 5 aromatic rings. The fraction of sp³-hybridized carbons (Fsp3) is 0.120. The molecule has 3 heterocycles. The number of nitriles is 1. The fourth-order valence-electron chi connectivity index (χ4n) is 3.69. The van der Waals surface area contributed by atoms with Gasteiger partial charge < -0.3 is 15.1 Å². The number of benzene rings is 2. The Morgan fingerprint density at radius 1 is 0.970 bits per heavy atom. The number of furan rings is 1. The minimum absolute atomic E-state index is 0.395. The van der Waals surface area contributed by atoms with Crippen LogP contribution < -0.4 is 10.6 Å². The maximum absolute atomic E-state index is 9.28. The monoisotopic (exact) mass is 435 g/mol. The summed E-state index contributed by atoms with van der Waals surface area (Å²) in [6.45, 7) is 1.28. The molecule has 0 spiro atoms. The van der Waals surface area contributed by atoms with Crippen molar-refractivity contribution < 1.29 is 4.42 Å². The highest BCUT2D eigenvalue weighted by Gasteiger charge is 2.16. The van der Waals surface area contributed by atoms with Crippen molar-refractivity contribution in [3.63, 3.8) is 0 Å². The number of anilines is 2. The summed E-state index contributed by atoms with van der Waals surface area (Å²) in [6, 6.07) is 25.4. The number of nitrogens with two attached hydrogens (primary N) is 1. The SMILES string of the molecule is N#Cc1cccc(CN(CCc2ccccc2)c2cc(N)n3nc(-c4ccco4)nc3n2)c1. The summed E-state index contributed by atoms with van der Waals surface area (Å²) in [5, 5.41) is 13.7. The lowest BCUT2D eigenvalue weighted by molar-refractivity contribution is 0.577. The zero-order chi connectivity index (χ0) is 22.6. The number of fused-ring (bicyclic) bond motifs is 1.